The van der Waals surface area contributed by atoms with Crippen molar-refractivity contribution in [2.45, 2.75) is 13.8 Å². The molecule has 1 amide bonds. The van der Waals surface area contributed by atoms with Crippen molar-refractivity contribution >= 4 is 11.7 Å². The van der Waals surface area contributed by atoms with Crippen molar-refractivity contribution < 1.29 is 4.79 Å². The summed E-state index contributed by atoms with van der Waals surface area (Å²) in [7, 11) is 1.72. The molecular weight excluding hydrogens is 220 g/mol. The second-order valence-electron chi connectivity index (χ2n) is 4.32. The Morgan fingerprint density at radius 3 is 2.88 bits per heavy atom. The lowest BCUT2D eigenvalue weighted by Crippen LogP contribution is -2.37. The van der Waals surface area contributed by atoms with E-state index in [0.717, 1.165) is 0 Å². The van der Waals surface area contributed by atoms with Gasteiger partial charge in [-0.1, -0.05) is 13.8 Å². The predicted octanol–water partition coefficient (Wildman–Crippen LogP) is -0.0217. The Hall–Kier alpha value is -1.85. The largest absolute Gasteiger partial charge is 0.354 e. The highest BCUT2D eigenvalue weighted by Gasteiger charge is 2.08. The van der Waals surface area contributed by atoms with Gasteiger partial charge in [0.05, 0.1) is 12.9 Å². The lowest BCUT2D eigenvalue weighted by atomic mass is 10.2. The number of aromatic nitrogens is 2. The monoisotopic (exact) mass is 238 g/mol. The average Bonchev–Trinajstić information content (AvgIpc) is 2.26. The van der Waals surface area contributed by atoms with Crippen molar-refractivity contribution in [2.24, 2.45) is 5.92 Å². The van der Waals surface area contributed by atoms with Crippen LogP contribution in [-0.2, 0) is 4.79 Å². The number of amides is 1. The molecule has 17 heavy (non-hydrogen) atoms. The summed E-state index contributed by atoms with van der Waals surface area (Å²) < 4.78 is 0. The van der Waals surface area contributed by atoms with Gasteiger partial charge in [-0.25, -0.2) is 4.98 Å². The van der Waals surface area contributed by atoms with Crippen LogP contribution < -0.4 is 15.8 Å². The zero-order valence-corrected chi connectivity index (χ0v) is 10.4. The predicted molar refractivity (Wildman–Crippen MR) is 66.0 cm³/mol. The first-order valence-electron chi connectivity index (χ1n) is 5.51. The van der Waals surface area contributed by atoms with Gasteiger partial charge in [0.1, 0.15) is 5.82 Å². The summed E-state index contributed by atoms with van der Waals surface area (Å²) in [6.45, 7) is 4.89. The van der Waals surface area contributed by atoms with E-state index in [1.165, 1.54) is 12.4 Å². The smallest absolute Gasteiger partial charge is 0.252 e. The van der Waals surface area contributed by atoms with E-state index in [9.17, 15) is 9.59 Å². The van der Waals surface area contributed by atoms with Gasteiger partial charge >= 0.3 is 0 Å². The number of anilines is 1. The highest BCUT2D eigenvalue weighted by Crippen LogP contribution is 2.02. The van der Waals surface area contributed by atoms with E-state index < -0.39 is 0 Å². The highest BCUT2D eigenvalue weighted by atomic mass is 16.2. The minimum atomic E-state index is -0.232. The molecule has 0 fully saturated rings. The molecule has 6 heteroatoms. The molecule has 1 heterocycles. The fourth-order valence-corrected chi connectivity index (χ4v) is 1.24. The van der Waals surface area contributed by atoms with Crippen LogP contribution in [0.25, 0.3) is 0 Å². The molecule has 0 spiro atoms. The van der Waals surface area contributed by atoms with Gasteiger partial charge in [0.25, 0.3) is 5.56 Å². The van der Waals surface area contributed by atoms with Gasteiger partial charge in [-0.15, -0.1) is 0 Å². The van der Waals surface area contributed by atoms with Gasteiger partial charge in [-0.2, -0.15) is 0 Å². The third-order valence-electron chi connectivity index (χ3n) is 2.14. The Labute approximate surface area is 100 Å². The van der Waals surface area contributed by atoms with Crippen molar-refractivity contribution in [2.75, 3.05) is 25.0 Å². The Morgan fingerprint density at radius 2 is 2.29 bits per heavy atom. The van der Waals surface area contributed by atoms with Crippen LogP contribution in [0.4, 0.5) is 5.82 Å². The molecule has 94 valence electrons. The summed E-state index contributed by atoms with van der Waals surface area (Å²) in [5.41, 5.74) is -0.232. The van der Waals surface area contributed by atoms with E-state index in [-0.39, 0.29) is 18.0 Å². The summed E-state index contributed by atoms with van der Waals surface area (Å²) in [6.07, 6.45) is 1.32. The van der Waals surface area contributed by atoms with E-state index in [1.54, 1.807) is 11.9 Å². The number of carbonyl (C=O) groups is 1. The van der Waals surface area contributed by atoms with Crippen LogP contribution in [0.15, 0.2) is 17.2 Å². The summed E-state index contributed by atoms with van der Waals surface area (Å²) >= 11 is 0. The van der Waals surface area contributed by atoms with Crippen LogP contribution in [0.1, 0.15) is 13.8 Å². The van der Waals surface area contributed by atoms with Crippen LogP contribution in [-0.4, -0.2) is 36.0 Å². The number of nitrogens with one attached hydrogen (secondary N) is 2. The Morgan fingerprint density at radius 1 is 1.59 bits per heavy atom. The Balaban J connectivity index is 2.51. The van der Waals surface area contributed by atoms with Gasteiger partial charge in [-0.3, -0.25) is 9.59 Å². The van der Waals surface area contributed by atoms with Gasteiger partial charge in [0.2, 0.25) is 5.91 Å². The molecule has 0 bridgehead atoms. The van der Waals surface area contributed by atoms with Crippen LogP contribution in [0.2, 0.25) is 0 Å². The molecule has 0 aliphatic carbocycles. The Kier molecular flexibility index (Phi) is 4.68. The van der Waals surface area contributed by atoms with Crippen molar-refractivity contribution in [1.29, 1.82) is 0 Å². The number of rotatable bonds is 5. The molecule has 0 saturated heterocycles. The van der Waals surface area contributed by atoms with Crippen molar-refractivity contribution in [3.8, 4) is 0 Å². The van der Waals surface area contributed by atoms with Crippen LogP contribution in [0.3, 0.4) is 0 Å². The molecule has 6 nitrogen and oxygen atoms in total. The summed E-state index contributed by atoms with van der Waals surface area (Å²) in [6, 6.07) is 1.36. The maximum absolute atomic E-state index is 11.5. The molecule has 0 saturated carbocycles. The minimum absolute atomic E-state index is 0.0803. The molecule has 0 aliphatic heterocycles. The van der Waals surface area contributed by atoms with Gasteiger partial charge < -0.3 is 15.2 Å². The minimum Gasteiger partial charge on any atom is -0.354 e. The second kappa shape index (κ2) is 6.03. The quantitative estimate of drug-likeness (QED) is 0.755. The fraction of sp³-hybridized carbons (Fsp3) is 0.545. The molecule has 1 aromatic rings. The van der Waals surface area contributed by atoms with Crippen LogP contribution >= 0.6 is 0 Å². The van der Waals surface area contributed by atoms with Crippen molar-refractivity contribution in [3.63, 3.8) is 0 Å². The average molecular weight is 238 g/mol. The molecular formula is C11H18N4O2. The third-order valence-corrected chi connectivity index (χ3v) is 2.14. The first-order valence-corrected chi connectivity index (χ1v) is 5.51. The van der Waals surface area contributed by atoms with Gasteiger partial charge in [0.15, 0.2) is 0 Å². The fourth-order valence-electron chi connectivity index (χ4n) is 1.24. The normalized spacial score (nSPS) is 10.4. The molecule has 0 aromatic carbocycles. The molecule has 0 atom stereocenters. The van der Waals surface area contributed by atoms with E-state index in [1.807, 2.05) is 13.8 Å². The maximum atomic E-state index is 11.5. The molecule has 2 N–H and O–H groups in total. The zero-order valence-electron chi connectivity index (χ0n) is 10.4. The van der Waals surface area contributed by atoms with E-state index in [4.69, 9.17) is 0 Å². The van der Waals surface area contributed by atoms with Crippen molar-refractivity contribution in [1.82, 2.24) is 15.3 Å². The lowest BCUT2D eigenvalue weighted by molar-refractivity contribution is -0.119. The molecule has 0 aliphatic rings. The molecule has 1 aromatic heterocycles. The number of aromatic amines is 1. The first-order chi connectivity index (χ1) is 7.99. The standard InChI is InChI=1S/C11H18N4O2/c1-8(2)5-12-11(17)6-15(3)9-4-10(16)14-7-13-9/h4,7-8H,5-6H2,1-3H3,(H,12,17)(H,13,14,16). The number of hydrogen-bond acceptors (Lipinski definition) is 4. The van der Waals surface area contributed by atoms with Crippen molar-refractivity contribution in [3.05, 3.63) is 22.7 Å². The van der Waals surface area contributed by atoms with E-state index in [2.05, 4.69) is 15.3 Å². The highest BCUT2D eigenvalue weighted by molar-refractivity contribution is 5.80. The summed E-state index contributed by atoms with van der Waals surface area (Å²) in [4.78, 5) is 30.7. The SMILES string of the molecule is CC(C)CNC(=O)CN(C)c1cc(=O)[nH]cn1. The van der Waals surface area contributed by atoms with E-state index in [0.29, 0.717) is 18.3 Å². The topological polar surface area (TPSA) is 78.1 Å². The maximum Gasteiger partial charge on any atom is 0.252 e. The number of H-pyrrole nitrogens is 1. The second-order valence-corrected chi connectivity index (χ2v) is 4.32. The number of hydrogen-bond donors (Lipinski definition) is 2. The summed E-state index contributed by atoms with van der Waals surface area (Å²) in [5.74, 6) is 0.818. The molecule has 0 radical (unpaired) electrons. The van der Waals surface area contributed by atoms with Crippen LogP contribution in [0, 0.1) is 5.92 Å². The third kappa shape index (κ3) is 4.67. The number of likely N-dealkylation sites (N-methyl/N-ethyl adjacent to an activating group) is 1. The Bertz CT molecular complexity index is 427. The van der Waals surface area contributed by atoms with Crippen LogP contribution in [0.5, 0.6) is 0 Å². The van der Waals surface area contributed by atoms with E-state index >= 15 is 0 Å². The zero-order chi connectivity index (χ0) is 12.8. The molecule has 0 unspecified atom stereocenters. The summed E-state index contributed by atoms with van der Waals surface area (Å²) in [5, 5.41) is 2.80. The number of nitrogens with zero attached hydrogens (tertiary/aromatic N) is 2. The number of carbonyl (C=O) groups excluding carboxylic acids is 1. The van der Waals surface area contributed by atoms with Gasteiger partial charge in [0, 0.05) is 19.7 Å². The van der Waals surface area contributed by atoms with Gasteiger partial charge in [-0.05, 0) is 5.92 Å². The first kappa shape index (κ1) is 13.2. The lowest BCUT2D eigenvalue weighted by Gasteiger charge is -2.17. The molecule has 1 rings (SSSR count).